The fourth-order valence-electron chi connectivity index (χ4n) is 4.09. The second-order valence-corrected chi connectivity index (χ2v) is 9.39. The van der Waals surface area contributed by atoms with Gasteiger partial charge >= 0.3 is 12.4 Å². The summed E-state index contributed by atoms with van der Waals surface area (Å²) in [5.41, 5.74) is -1.80. The minimum absolute atomic E-state index is 0.0446. The topological polar surface area (TPSA) is 52.6 Å². The van der Waals surface area contributed by atoms with Gasteiger partial charge in [-0.15, -0.1) is 0 Å². The Kier molecular flexibility index (Phi) is 6.42. The molecule has 4 aromatic rings. The molecule has 36 heavy (non-hydrogen) atoms. The molecule has 0 fully saturated rings. The van der Waals surface area contributed by atoms with Gasteiger partial charge in [-0.05, 0) is 64.9 Å². The highest BCUT2D eigenvalue weighted by Gasteiger charge is 2.33. The van der Waals surface area contributed by atoms with Crippen LogP contribution < -0.4 is 4.74 Å². The van der Waals surface area contributed by atoms with Gasteiger partial charge in [-0.25, -0.2) is 0 Å². The maximum atomic E-state index is 13.3. The fraction of sp³-hybridized carbons (Fsp3) is 0.200. The van der Waals surface area contributed by atoms with Gasteiger partial charge < -0.3 is 4.74 Å². The summed E-state index contributed by atoms with van der Waals surface area (Å²) in [6, 6.07) is 10.8. The fourth-order valence-corrected chi connectivity index (χ4v) is 5.22. The number of benzene rings is 4. The average Bonchev–Trinajstić information content (AvgIpc) is 2.80. The van der Waals surface area contributed by atoms with Gasteiger partial charge in [0.2, 0.25) is 0 Å². The van der Waals surface area contributed by atoms with E-state index in [0.29, 0.717) is 0 Å². The quantitative estimate of drug-likeness (QED) is 0.200. The first kappa shape index (κ1) is 25.8. The number of halogens is 6. The Morgan fingerprint density at radius 1 is 0.722 bits per heavy atom. The van der Waals surface area contributed by atoms with E-state index in [1.54, 1.807) is 0 Å². The van der Waals surface area contributed by atoms with Crippen LogP contribution >= 0.6 is 0 Å². The van der Waals surface area contributed by atoms with Gasteiger partial charge in [0.1, 0.15) is 10.6 Å². The first-order valence-corrected chi connectivity index (χ1v) is 11.9. The molecule has 0 aliphatic heterocycles. The van der Waals surface area contributed by atoms with Crippen LogP contribution in [0.4, 0.5) is 26.3 Å². The molecule has 4 aromatic carbocycles. The monoisotopic (exact) mass is 528 g/mol. The van der Waals surface area contributed by atoms with Crippen LogP contribution in [0.25, 0.3) is 32.7 Å². The largest absolute Gasteiger partial charge is 0.496 e. The van der Waals surface area contributed by atoms with Gasteiger partial charge in [0, 0.05) is 11.1 Å². The van der Waals surface area contributed by atoms with Crippen LogP contribution in [-0.4, -0.2) is 22.1 Å². The van der Waals surface area contributed by atoms with Crippen LogP contribution in [0, 0.1) is 0 Å². The van der Waals surface area contributed by atoms with E-state index in [9.17, 15) is 34.8 Å². The highest BCUT2D eigenvalue weighted by Crippen LogP contribution is 2.46. The molecule has 0 aliphatic carbocycles. The molecule has 0 saturated carbocycles. The molecule has 11 heteroatoms. The third-order valence-electron chi connectivity index (χ3n) is 5.63. The van der Waals surface area contributed by atoms with Crippen LogP contribution in [0.1, 0.15) is 18.1 Å². The van der Waals surface area contributed by atoms with Crippen molar-refractivity contribution in [3.8, 4) is 16.9 Å². The van der Waals surface area contributed by atoms with Crippen molar-refractivity contribution in [2.45, 2.75) is 24.2 Å². The zero-order valence-corrected chi connectivity index (χ0v) is 19.6. The van der Waals surface area contributed by atoms with Crippen LogP contribution in [0.15, 0.2) is 65.6 Å². The zero-order valence-electron chi connectivity index (χ0n) is 18.8. The Balaban J connectivity index is 2.17. The number of hydrogen-bond acceptors (Lipinski definition) is 4. The SMILES string of the molecule is CCOS(=O)(=O)c1ccc2cc(C(F)(F)F)ccc2c1-c1c(OC)ccc2cc(C(F)(F)F)ccc12. The molecule has 0 aliphatic rings. The van der Waals surface area contributed by atoms with Gasteiger partial charge in [0.25, 0.3) is 10.1 Å². The molecule has 0 atom stereocenters. The van der Waals surface area contributed by atoms with Gasteiger partial charge in [-0.1, -0.05) is 24.3 Å². The summed E-state index contributed by atoms with van der Waals surface area (Å²) >= 11 is 0. The zero-order chi connectivity index (χ0) is 26.5. The van der Waals surface area contributed by atoms with Crippen molar-refractivity contribution < 1.29 is 43.7 Å². The van der Waals surface area contributed by atoms with Gasteiger partial charge in [-0.2, -0.15) is 34.8 Å². The Bertz CT molecular complexity index is 1570. The molecule has 0 saturated heterocycles. The minimum Gasteiger partial charge on any atom is -0.496 e. The highest BCUT2D eigenvalue weighted by atomic mass is 32.2. The molecule has 0 N–H and O–H groups in total. The predicted molar refractivity (Wildman–Crippen MR) is 122 cm³/mol. The third kappa shape index (κ3) is 4.60. The van der Waals surface area contributed by atoms with Crippen molar-refractivity contribution in [3.05, 3.63) is 71.8 Å². The Morgan fingerprint density at radius 2 is 1.22 bits per heavy atom. The van der Waals surface area contributed by atoms with Gasteiger partial charge in [0.05, 0.1) is 24.8 Å². The maximum Gasteiger partial charge on any atom is 0.416 e. The van der Waals surface area contributed by atoms with Crippen molar-refractivity contribution in [2.75, 3.05) is 13.7 Å². The molecule has 0 heterocycles. The third-order valence-corrected chi connectivity index (χ3v) is 7.05. The molecule has 4 rings (SSSR count). The number of hydrogen-bond donors (Lipinski definition) is 0. The van der Waals surface area contributed by atoms with Gasteiger partial charge in [-0.3, -0.25) is 4.18 Å². The number of ether oxygens (including phenoxy) is 1. The summed E-state index contributed by atoms with van der Waals surface area (Å²) in [5.74, 6) is 0.114. The number of rotatable bonds is 5. The van der Waals surface area contributed by atoms with Crippen LogP contribution in [0.2, 0.25) is 0 Å². The number of alkyl halides is 6. The molecule has 190 valence electrons. The molecule has 0 spiro atoms. The van der Waals surface area contributed by atoms with E-state index in [0.717, 1.165) is 36.4 Å². The molecule has 0 unspecified atom stereocenters. The summed E-state index contributed by atoms with van der Waals surface area (Å²) < 4.78 is 116. The summed E-state index contributed by atoms with van der Waals surface area (Å²) in [6.45, 7) is 1.24. The lowest BCUT2D eigenvalue weighted by atomic mass is 9.91. The van der Waals surface area contributed by atoms with E-state index < -0.39 is 33.6 Å². The number of fused-ring (bicyclic) bond motifs is 2. The summed E-state index contributed by atoms with van der Waals surface area (Å²) in [4.78, 5) is -0.359. The Hall–Kier alpha value is -3.31. The summed E-state index contributed by atoms with van der Waals surface area (Å²) in [5, 5.41) is 0.530. The minimum atomic E-state index is -4.64. The van der Waals surface area contributed by atoms with E-state index in [2.05, 4.69) is 0 Å². The standard InChI is InChI=1S/C25H18F6O4S/c1-3-35-36(32,33)21-11-5-15-13-17(25(29,30)31)7-9-19(15)23(21)22-18-8-6-16(24(26,27)28)12-14(18)4-10-20(22)34-2/h4-13H,3H2,1-2H3. The molecule has 4 nitrogen and oxygen atoms in total. The van der Waals surface area contributed by atoms with Crippen LogP contribution in [0.3, 0.4) is 0 Å². The van der Waals surface area contributed by atoms with Crippen LogP contribution in [-0.2, 0) is 26.7 Å². The number of methoxy groups -OCH3 is 1. The van der Waals surface area contributed by atoms with Crippen molar-refractivity contribution in [1.29, 1.82) is 0 Å². The second kappa shape index (κ2) is 8.97. The lowest BCUT2D eigenvalue weighted by Crippen LogP contribution is -2.09. The Morgan fingerprint density at radius 3 is 1.69 bits per heavy atom. The van der Waals surface area contributed by atoms with Crippen molar-refractivity contribution >= 4 is 31.7 Å². The summed E-state index contributed by atoms with van der Waals surface area (Å²) in [6.07, 6.45) is -9.26. The average molecular weight is 528 g/mol. The van der Waals surface area contributed by atoms with E-state index in [1.807, 2.05) is 0 Å². The van der Waals surface area contributed by atoms with E-state index in [-0.39, 0.29) is 49.9 Å². The van der Waals surface area contributed by atoms with E-state index in [1.165, 1.54) is 38.3 Å². The molecule has 0 bridgehead atoms. The second-order valence-electron chi connectivity index (χ2n) is 7.81. The molecule has 0 radical (unpaired) electrons. The molecular formula is C25H18F6O4S. The molecule has 0 aromatic heterocycles. The lowest BCUT2D eigenvalue weighted by Gasteiger charge is -2.19. The van der Waals surface area contributed by atoms with Crippen molar-refractivity contribution in [3.63, 3.8) is 0 Å². The van der Waals surface area contributed by atoms with E-state index >= 15 is 0 Å². The van der Waals surface area contributed by atoms with E-state index in [4.69, 9.17) is 8.92 Å². The first-order valence-electron chi connectivity index (χ1n) is 10.5. The normalized spacial score (nSPS) is 12.9. The molecular weight excluding hydrogens is 510 g/mol. The first-order chi connectivity index (χ1) is 16.8. The lowest BCUT2D eigenvalue weighted by molar-refractivity contribution is -0.138. The van der Waals surface area contributed by atoms with Crippen molar-refractivity contribution in [2.24, 2.45) is 0 Å². The smallest absolute Gasteiger partial charge is 0.416 e. The van der Waals surface area contributed by atoms with Gasteiger partial charge in [0.15, 0.2) is 0 Å². The van der Waals surface area contributed by atoms with Crippen LogP contribution in [0.5, 0.6) is 5.75 Å². The predicted octanol–water partition coefficient (Wildman–Crippen LogP) is 7.43. The Labute approximate surface area is 202 Å². The summed E-state index contributed by atoms with van der Waals surface area (Å²) in [7, 11) is -3.11. The highest BCUT2D eigenvalue weighted by molar-refractivity contribution is 7.87. The molecule has 0 amide bonds. The maximum absolute atomic E-state index is 13.3. The van der Waals surface area contributed by atoms with Crippen molar-refractivity contribution in [1.82, 2.24) is 0 Å².